The highest BCUT2D eigenvalue weighted by atomic mass is 79.9. The lowest BCUT2D eigenvalue weighted by atomic mass is 10.1. The van der Waals surface area contributed by atoms with Crippen molar-refractivity contribution >= 4 is 27.7 Å². The Morgan fingerprint density at radius 1 is 1.07 bits per heavy atom. The van der Waals surface area contributed by atoms with Crippen molar-refractivity contribution in [1.29, 1.82) is 0 Å². The summed E-state index contributed by atoms with van der Waals surface area (Å²) in [5.74, 6) is 0.135. The molecule has 154 valence electrons. The van der Waals surface area contributed by atoms with Gasteiger partial charge in [0.2, 0.25) is 5.91 Å². The summed E-state index contributed by atoms with van der Waals surface area (Å²) in [4.78, 5) is 23.6. The van der Waals surface area contributed by atoms with E-state index in [0.29, 0.717) is 41.2 Å². The second kappa shape index (κ2) is 10.4. The van der Waals surface area contributed by atoms with Crippen LogP contribution in [-0.2, 0) is 22.4 Å². The van der Waals surface area contributed by atoms with Crippen LogP contribution < -0.4 is 15.4 Å². The highest BCUT2D eigenvalue weighted by Gasteiger charge is 2.23. The van der Waals surface area contributed by atoms with Gasteiger partial charge in [-0.2, -0.15) is 0 Å². The van der Waals surface area contributed by atoms with E-state index >= 15 is 0 Å². The van der Waals surface area contributed by atoms with Gasteiger partial charge in [-0.1, -0.05) is 34.1 Å². The van der Waals surface area contributed by atoms with Crippen molar-refractivity contribution in [3.8, 4) is 5.75 Å². The van der Waals surface area contributed by atoms with Crippen LogP contribution in [0.5, 0.6) is 5.75 Å². The molecule has 1 fully saturated rings. The zero-order chi connectivity index (χ0) is 20.6. The van der Waals surface area contributed by atoms with Crippen LogP contribution in [0.25, 0.3) is 0 Å². The first-order valence-corrected chi connectivity index (χ1v) is 10.5. The van der Waals surface area contributed by atoms with E-state index in [1.54, 1.807) is 12.1 Å². The maximum absolute atomic E-state index is 13.8. The Hall–Kier alpha value is -2.41. The van der Waals surface area contributed by atoms with Gasteiger partial charge in [-0.05, 0) is 61.1 Å². The van der Waals surface area contributed by atoms with E-state index < -0.39 is 0 Å². The molecule has 0 unspecified atom stereocenters. The minimum Gasteiger partial charge on any atom is -0.484 e. The molecule has 2 amide bonds. The molecule has 0 saturated heterocycles. The summed E-state index contributed by atoms with van der Waals surface area (Å²) in [6, 6.07) is 12.7. The molecule has 2 N–H and O–H groups in total. The summed E-state index contributed by atoms with van der Waals surface area (Å²) in [5.41, 5.74) is 1.59. The summed E-state index contributed by atoms with van der Waals surface area (Å²) in [7, 11) is 0. The van der Waals surface area contributed by atoms with Gasteiger partial charge < -0.3 is 15.4 Å². The first-order chi connectivity index (χ1) is 14.0. The number of hydrogen-bond donors (Lipinski definition) is 2. The number of carbonyl (C=O) groups is 2. The molecular weight excluding hydrogens is 439 g/mol. The van der Waals surface area contributed by atoms with Crippen molar-refractivity contribution in [2.75, 3.05) is 13.2 Å². The molecule has 0 aliphatic heterocycles. The Bertz CT molecular complexity index is 854. The van der Waals surface area contributed by atoms with Gasteiger partial charge in [0.05, 0.1) is 0 Å². The number of carbonyl (C=O) groups excluding carboxylic acids is 2. The van der Waals surface area contributed by atoms with Crippen LogP contribution in [0.3, 0.4) is 0 Å². The normalized spacial score (nSPS) is 13.0. The second-order valence-electron chi connectivity index (χ2n) is 7.11. The minimum atomic E-state index is -0.306. The summed E-state index contributed by atoms with van der Waals surface area (Å²) < 4.78 is 19.9. The third-order valence-electron chi connectivity index (χ3n) is 4.61. The molecule has 0 heterocycles. The van der Waals surface area contributed by atoms with Crippen LogP contribution in [0.2, 0.25) is 0 Å². The maximum Gasteiger partial charge on any atom is 0.258 e. The molecule has 0 aromatic heterocycles. The summed E-state index contributed by atoms with van der Waals surface area (Å²) >= 11 is 3.22. The number of halogens is 2. The lowest BCUT2D eigenvalue weighted by molar-refractivity contribution is -0.123. The number of benzene rings is 2. The fourth-order valence-corrected chi connectivity index (χ4v) is 3.14. The van der Waals surface area contributed by atoms with Gasteiger partial charge in [0, 0.05) is 23.5 Å². The molecule has 7 heteroatoms. The molecule has 3 rings (SSSR count). The smallest absolute Gasteiger partial charge is 0.258 e. The molecule has 5 nitrogen and oxygen atoms in total. The second-order valence-corrected chi connectivity index (χ2v) is 8.03. The van der Waals surface area contributed by atoms with Gasteiger partial charge in [0.25, 0.3) is 5.91 Å². The summed E-state index contributed by atoms with van der Waals surface area (Å²) in [6.07, 6.45) is 3.40. The van der Waals surface area contributed by atoms with Crippen LogP contribution in [0, 0.1) is 5.82 Å². The Labute approximate surface area is 178 Å². The van der Waals surface area contributed by atoms with Crippen molar-refractivity contribution in [2.24, 2.45) is 0 Å². The molecule has 1 saturated carbocycles. The number of nitrogens with one attached hydrogen (secondary N) is 2. The maximum atomic E-state index is 13.8. The quantitative estimate of drug-likeness (QED) is 0.567. The average molecular weight is 463 g/mol. The van der Waals surface area contributed by atoms with Crippen LogP contribution >= 0.6 is 15.9 Å². The van der Waals surface area contributed by atoms with E-state index in [4.69, 9.17) is 4.74 Å². The molecule has 29 heavy (non-hydrogen) atoms. The standard InChI is InChI=1S/C22H24BrFN2O3/c23-17-5-3-16(20(24)13-17)4-10-21(27)25-12-11-15-1-8-19(9-2-15)29-14-22(28)26-18-6-7-18/h1-3,5,8-9,13,18H,4,6-7,10-12,14H2,(H,25,27)(H,26,28). The molecule has 1 aliphatic carbocycles. The predicted octanol–water partition coefficient (Wildman–Crippen LogP) is 3.54. The van der Waals surface area contributed by atoms with Crippen molar-refractivity contribution in [3.63, 3.8) is 0 Å². The van der Waals surface area contributed by atoms with E-state index in [9.17, 15) is 14.0 Å². The number of ether oxygens (including phenoxy) is 1. The molecule has 0 bridgehead atoms. The van der Waals surface area contributed by atoms with Gasteiger partial charge in [-0.3, -0.25) is 9.59 Å². The van der Waals surface area contributed by atoms with E-state index in [0.717, 1.165) is 18.4 Å². The van der Waals surface area contributed by atoms with Gasteiger partial charge in [-0.25, -0.2) is 4.39 Å². The first kappa shape index (κ1) is 21.3. The monoisotopic (exact) mass is 462 g/mol. The third kappa shape index (κ3) is 7.49. The number of hydrogen-bond acceptors (Lipinski definition) is 3. The molecule has 0 radical (unpaired) electrons. The number of aryl methyl sites for hydroxylation is 1. The largest absolute Gasteiger partial charge is 0.484 e. The van der Waals surface area contributed by atoms with Gasteiger partial charge in [0.1, 0.15) is 11.6 Å². The van der Waals surface area contributed by atoms with Crippen LogP contribution in [0.15, 0.2) is 46.9 Å². The van der Waals surface area contributed by atoms with Gasteiger partial charge in [-0.15, -0.1) is 0 Å². The first-order valence-electron chi connectivity index (χ1n) is 9.71. The van der Waals surface area contributed by atoms with Crippen LogP contribution in [0.1, 0.15) is 30.4 Å². The fourth-order valence-electron chi connectivity index (χ4n) is 2.81. The van der Waals surface area contributed by atoms with Crippen molar-refractivity contribution < 1.29 is 18.7 Å². The highest BCUT2D eigenvalue weighted by molar-refractivity contribution is 9.10. The van der Waals surface area contributed by atoms with Crippen molar-refractivity contribution in [3.05, 3.63) is 63.9 Å². The number of amides is 2. The molecule has 0 atom stereocenters. The summed E-state index contributed by atoms with van der Waals surface area (Å²) in [6.45, 7) is 0.524. The average Bonchev–Trinajstić information content (AvgIpc) is 3.50. The third-order valence-corrected chi connectivity index (χ3v) is 5.10. The van der Waals surface area contributed by atoms with E-state index in [1.165, 1.54) is 6.07 Å². The topological polar surface area (TPSA) is 67.4 Å². The van der Waals surface area contributed by atoms with Gasteiger partial charge >= 0.3 is 0 Å². The minimum absolute atomic E-state index is 0.0187. The molecule has 2 aromatic rings. The van der Waals surface area contributed by atoms with Gasteiger partial charge in [0.15, 0.2) is 6.61 Å². The Morgan fingerprint density at radius 3 is 2.52 bits per heavy atom. The zero-order valence-electron chi connectivity index (χ0n) is 16.0. The Morgan fingerprint density at radius 2 is 1.83 bits per heavy atom. The van der Waals surface area contributed by atoms with E-state index in [-0.39, 0.29) is 30.7 Å². The van der Waals surface area contributed by atoms with Crippen LogP contribution in [-0.4, -0.2) is 31.0 Å². The summed E-state index contributed by atoms with van der Waals surface area (Å²) in [5, 5.41) is 5.73. The lowest BCUT2D eigenvalue weighted by Gasteiger charge is -2.09. The van der Waals surface area contributed by atoms with E-state index in [1.807, 2.05) is 24.3 Å². The molecule has 2 aromatic carbocycles. The number of rotatable bonds is 10. The van der Waals surface area contributed by atoms with Crippen molar-refractivity contribution in [2.45, 2.75) is 38.1 Å². The fraction of sp³-hybridized carbons (Fsp3) is 0.364. The molecular formula is C22H24BrFN2O3. The SMILES string of the molecule is O=C(CCc1ccc(Br)cc1F)NCCc1ccc(OCC(=O)NC2CC2)cc1. The molecule has 1 aliphatic rings. The Balaban J connectivity index is 1.33. The zero-order valence-corrected chi connectivity index (χ0v) is 17.6. The predicted molar refractivity (Wildman–Crippen MR) is 112 cm³/mol. The van der Waals surface area contributed by atoms with E-state index in [2.05, 4.69) is 26.6 Å². The van der Waals surface area contributed by atoms with Crippen LogP contribution in [0.4, 0.5) is 4.39 Å². The molecule has 0 spiro atoms. The lowest BCUT2D eigenvalue weighted by Crippen LogP contribution is -2.30. The Kier molecular flexibility index (Phi) is 7.63. The highest BCUT2D eigenvalue weighted by Crippen LogP contribution is 2.19. The van der Waals surface area contributed by atoms with Crippen molar-refractivity contribution in [1.82, 2.24) is 10.6 Å².